The summed E-state index contributed by atoms with van der Waals surface area (Å²) in [4.78, 5) is 17.9. The van der Waals surface area contributed by atoms with Gasteiger partial charge in [0.05, 0.1) is 0 Å². The highest BCUT2D eigenvalue weighted by Gasteiger charge is 2.38. The number of carboxylic acids is 1. The summed E-state index contributed by atoms with van der Waals surface area (Å²) in [7, 11) is 0. The van der Waals surface area contributed by atoms with Crippen molar-refractivity contribution in [3.05, 3.63) is 47.3 Å². The predicted octanol–water partition coefficient (Wildman–Crippen LogP) is 3.17. The summed E-state index contributed by atoms with van der Waals surface area (Å²) in [6, 6.07) is 6.65. The first-order valence-corrected chi connectivity index (χ1v) is 5.54. The zero-order valence-electron chi connectivity index (χ0n) is 10.3. The molecule has 7 heteroatoms. The van der Waals surface area contributed by atoms with Crippen molar-refractivity contribution in [2.24, 2.45) is 0 Å². The minimum absolute atomic E-state index is 0.152. The molecule has 0 atom stereocenters. The third-order valence-electron chi connectivity index (χ3n) is 2.67. The highest BCUT2D eigenvalue weighted by atomic mass is 19.4. The summed E-state index contributed by atoms with van der Waals surface area (Å²) >= 11 is 0. The average molecular weight is 282 g/mol. The van der Waals surface area contributed by atoms with Crippen LogP contribution in [0.1, 0.15) is 21.6 Å². The van der Waals surface area contributed by atoms with Crippen LogP contribution in [-0.4, -0.2) is 21.0 Å². The van der Waals surface area contributed by atoms with Crippen molar-refractivity contribution in [3.63, 3.8) is 0 Å². The van der Waals surface area contributed by atoms with Crippen LogP contribution >= 0.6 is 0 Å². The normalized spacial score (nSPS) is 11.4. The van der Waals surface area contributed by atoms with E-state index in [4.69, 9.17) is 5.11 Å². The molecule has 0 aliphatic carbocycles. The topological polar surface area (TPSA) is 63.1 Å². The SMILES string of the molecule is Cc1ccccc1-c1ncc(C(=O)O)c(C(F)(F)F)n1. The largest absolute Gasteiger partial charge is 0.478 e. The lowest BCUT2D eigenvalue weighted by molar-refractivity contribution is -0.141. The fraction of sp³-hybridized carbons (Fsp3) is 0.154. The Kier molecular flexibility index (Phi) is 3.44. The molecule has 1 heterocycles. The molecule has 1 aromatic heterocycles. The zero-order chi connectivity index (χ0) is 14.9. The maximum absolute atomic E-state index is 12.9. The van der Waals surface area contributed by atoms with Gasteiger partial charge in [-0.15, -0.1) is 0 Å². The minimum Gasteiger partial charge on any atom is -0.478 e. The number of alkyl halides is 3. The van der Waals surface area contributed by atoms with Crippen LogP contribution in [0.3, 0.4) is 0 Å². The number of aromatic carboxylic acids is 1. The molecule has 2 rings (SSSR count). The summed E-state index contributed by atoms with van der Waals surface area (Å²) in [5, 5.41) is 8.77. The van der Waals surface area contributed by atoms with Gasteiger partial charge in [-0.05, 0) is 12.5 Å². The molecule has 0 aliphatic rings. The van der Waals surface area contributed by atoms with Crippen LogP contribution < -0.4 is 0 Å². The molecule has 104 valence electrons. The van der Waals surface area contributed by atoms with E-state index in [0.29, 0.717) is 17.3 Å². The molecule has 1 aromatic carbocycles. The second-order valence-electron chi connectivity index (χ2n) is 4.07. The van der Waals surface area contributed by atoms with Crippen LogP contribution in [0.5, 0.6) is 0 Å². The number of benzene rings is 1. The number of rotatable bonds is 2. The number of nitrogens with zero attached hydrogens (tertiary/aromatic N) is 2. The van der Waals surface area contributed by atoms with Crippen molar-refractivity contribution in [1.29, 1.82) is 0 Å². The highest BCUT2D eigenvalue weighted by molar-refractivity contribution is 5.89. The fourth-order valence-corrected chi connectivity index (χ4v) is 1.71. The van der Waals surface area contributed by atoms with E-state index in [1.54, 1.807) is 31.2 Å². The number of halogens is 3. The molecule has 0 spiro atoms. The van der Waals surface area contributed by atoms with Gasteiger partial charge in [0, 0.05) is 11.8 Å². The summed E-state index contributed by atoms with van der Waals surface area (Å²) in [6.07, 6.45) is -4.17. The van der Waals surface area contributed by atoms with Gasteiger partial charge >= 0.3 is 12.1 Å². The molecule has 0 amide bonds. The molecule has 2 aromatic rings. The standard InChI is InChI=1S/C13H9F3N2O2/c1-7-4-2-3-5-8(7)11-17-6-9(12(19)20)10(18-11)13(14,15)16/h2-6H,1H3,(H,19,20). The third-order valence-corrected chi connectivity index (χ3v) is 2.67. The Bertz CT molecular complexity index is 669. The molecule has 1 N–H and O–H groups in total. The van der Waals surface area contributed by atoms with E-state index in [1.807, 2.05) is 0 Å². The van der Waals surface area contributed by atoms with E-state index < -0.39 is 23.4 Å². The van der Waals surface area contributed by atoms with Gasteiger partial charge in [0.15, 0.2) is 11.5 Å². The number of hydrogen-bond acceptors (Lipinski definition) is 3. The molecule has 0 saturated heterocycles. The molecule has 20 heavy (non-hydrogen) atoms. The molecule has 0 radical (unpaired) electrons. The predicted molar refractivity (Wildman–Crippen MR) is 64.2 cm³/mol. The quantitative estimate of drug-likeness (QED) is 0.919. The van der Waals surface area contributed by atoms with Crippen molar-refractivity contribution in [2.75, 3.05) is 0 Å². The van der Waals surface area contributed by atoms with E-state index in [-0.39, 0.29) is 5.82 Å². The maximum atomic E-state index is 12.9. The summed E-state index contributed by atoms with van der Waals surface area (Å²) in [5.74, 6) is -1.87. The molecule has 0 fully saturated rings. The lowest BCUT2D eigenvalue weighted by Crippen LogP contribution is -2.16. The smallest absolute Gasteiger partial charge is 0.434 e. The van der Waals surface area contributed by atoms with Crippen molar-refractivity contribution in [3.8, 4) is 11.4 Å². The van der Waals surface area contributed by atoms with Gasteiger partial charge in [0.1, 0.15) is 5.56 Å². The highest BCUT2D eigenvalue weighted by Crippen LogP contribution is 2.32. The fourth-order valence-electron chi connectivity index (χ4n) is 1.71. The van der Waals surface area contributed by atoms with Gasteiger partial charge in [-0.3, -0.25) is 0 Å². The van der Waals surface area contributed by atoms with Gasteiger partial charge < -0.3 is 5.11 Å². The van der Waals surface area contributed by atoms with E-state index >= 15 is 0 Å². The van der Waals surface area contributed by atoms with E-state index in [2.05, 4.69) is 9.97 Å². The van der Waals surface area contributed by atoms with E-state index in [0.717, 1.165) is 0 Å². The lowest BCUT2D eigenvalue weighted by Gasteiger charge is -2.11. The summed E-state index contributed by atoms with van der Waals surface area (Å²) in [6.45, 7) is 1.71. The van der Waals surface area contributed by atoms with Crippen molar-refractivity contribution in [1.82, 2.24) is 9.97 Å². The van der Waals surface area contributed by atoms with E-state index in [9.17, 15) is 18.0 Å². The Morgan fingerprint density at radius 1 is 1.25 bits per heavy atom. The zero-order valence-corrected chi connectivity index (χ0v) is 10.3. The van der Waals surface area contributed by atoms with Crippen molar-refractivity contribution >= 4 is 5.97 Å². The molecule has 4 nitrogen and oxygen atoms in total. The maximum Gasteiger partial charge on any atom is 0.434 e. The average Bonchev–Trinajstić information content (AvgIpc) is 2.37. The molecular formula is C13H9F3N2O2. The van der Waals surface area contributed by atoms with Crippen molar-refractivity contribution < 1.29 is 23.1 Å². The third kappa shape index (κ3) is 2.61. The Morgan fingerprint density at radius 2 is 1.90 bits per heavy atom. The van der Waals surface area contributed by atoms with Gasteiger partial charge in [-0.1, -0.05) is 24.3 Å². The Morgan fingerprint density at radius 3 is 2.45 bits per heavy atom. The monoisotopic (exact) mass is 282 g/mol. The first-order chi connectivity index (χ1) is 9.30. The number of aryl methyl sites for hydroxylation is 1. The number of hydrogen-bond donors (Lipinski definition) is 1. The molecular weight excluding hydrogens is 273 g/mol. The van der Waals surface area contributed by atoms with Gasteiger partial charge in [0.2, 0.25) is 0 Å². The van der Waals surface area contributed by atoms with Crippen LogP contribution in [0.15, 0.2) is 30.5 Å². The number of carbonyl (C=O) groups is 1. The van der Waals surface area contributed by atoms with Gasteiger partial charge in [-0.25, -0.2) is 14.8 Å². The molecule has 0 aliphatic heterocycles. The summed E-state index contributed by atoms with van der Waals surface area (Å²) < 4.78 is 38.6. The number of carboxylic acid groups (broad SMARTS) is 1. The minimum atomic E-state index is -4.85. The van der Waals surface area contributed by atoms with E-state index in [1.165, 1.54) is 0 Å². The first-order valence-electron chi connectivity index (χ1n) is 5.54. The van der Waals surface area contributed by atoms with Crippen LogP contribution in [0.4, 0.5) is 13.2 Å². The second-order valence-corrected chi connectivity index (χ2v) is 4.07. The lowest BCUT2D eigenvalue weighted by atomic mass is 10.1. The number of aromatic nitrogens is 2. The molecule has 0 bridgehead atoms. The summed E-state index contributed by atoms with van der Waals surface area (Å²) in [5.41, 5.74) is -1.29. The molecule has 0 saturated carbocycles. The van der Waals surface area contributed by atoms with Crippen LogP contribution in [0.2, 0.25) is 0 Å². The second kappa shape index (κ2) is 4.92. The first kappa shape index (κ1) is 14.0. The molecule has 0 unspecified atom stereocenters. The Balaban J connectivity index is 2.65. The Labute approximate surface area is 111 Å². The van der Waals surface area contributed by atoms with Crippen molar-refractivity contribution in [2.45, 2.75) is 13.1 Å². The van der Waals surface area contributed by atoms with Gasteiger partial charge in [-0.2, -0.15) is 13.2 Å². The Hall–Kier alpha value is -2.44. The van der Waals surface area contributed by atoms with Crippen LogP contribution in [0.25, 0.3) is 11.4 Å². The van der Waals surface area contributed by atoms with Gasteiger partial charge in [0.25, 0.3) is 0 Å². The van der Waals surface area contributed by atoms with Crippen LogP contribution in [0, 0.1) is 6.92 Å². The van der Waals surface area contributed by atoms with Crippen LogP contribution in [-0.2, 0) is 6.18 Å².